The van der Waals surface area contributed by atoms with Gasteiger partial charge in [-0.1, -0.05) is 72.3 Å². The summed E-state index contributed by atoms with van der Waals surface area (Å²) in [5, 5.41) is 2.77. The number of benzene rings is 3. The fourth-order valence-electron chi connectivity index (χ4n) is 3.39. The zero-order chi connectivity index (χ0) is 20.2. The van der Waals surface area contributed by atoms with Crippen molar-refractivity contribution in [1.29, 1.82) is 0 Å². The highest BCUT2D eigenvalue weighted by Crippen LogP contribution is 2.26. The second kappa shape index (κ2) is 8.15. The summed E-state index contributed by atoms with van der Waals surface area (Å²) in [5.41, 5.74) is 3.96. The number of ketones is 1. The lowest BCUT2D eigenvalue weighted by atomic mass is 10.0. The first-order valence-electron chi connectivity index (χ1n) is 9.50. The van der Waals surface area contributed by atoms with Crippen LogP contribution in [0, 0.1) is 6.92 Å². The van der Waals surface area contributed by atoms with E-state index in [2.05, 4.69) is 11.4 Å². The van der Waals surface area contributed by atoms with Gasteiger partial charge in [-0.25, -0.2) is 0 Å². The number of ether oxygens (including phenoxy) is 1. The van der Waals surface area contributed by atoms with Gasteiger partial charge in [0.25, 0.3) is 5.91 Å². The summed E-state index contributed by atoms with van der Waals surface area (Å²) < 4.78 is 5.88. The van der Waals surface area contributed by atoms with Crippen LogP contribution in [0.25, 0.3) is 6.08 Å². The van der Waals surface area contributed by atoms with Crippen molar-refractivity contribution < 1.29 is 14.3 Å². The second-order valence-corrected chi connectivity index (χ2v) is 7.09. The molecule has 0 bridgehead atoms. The van der Waals surface area contributed by atoms with Crippen molar-refractivity contribution in [2.75, 3.05) is 0 Å². The highest BCUT2D eigenvalue weighted by molar-refractivity contribution is 6.29. The minimum Gasteiger partial charge on any atom is -0.489 e. The van der Waals surface area contributed by atoms with Gasteiger partial charge < -0.3 is 10.1 Å². The molecule has 1 aliphatic rings. The fraction of sp³-hybridized carbons (Fsp3) is 0.120. The van der Waals surface area contributed by atoms with Crippen molar-refractivity contribution in [2.45, 2.75) is 19.6 Å². The standard InChI is InChI=1S/C25H21NO3/c1-17-7-5-9-19(13-17)16-29-21-12-6-8-18(14-21)15-22-24(27)23(26-25(22)28)20-10-3-2-4-11-20/h2-15,23H,16H2,1H3,(H,26,28)/b22-15+. The Morgan fingerprint density at radius 1 is 0.931 bits per heavy atom. The molecule has 1 heterocycles. The van der Waals surface area contributed by atoms with Crippen LogP contribution in [-0.2, 0) is 16.2 Å². The molecule has 1 unspecified atom stereocenters. The zero-order valence-electron chi connectivity index (χ0n) is 16.1. The summed E-state index contributed by atoms with van der Waals surface area (Å²) in [6.07, 6.45) is 1.63. The van der Waals surface area contributed by atoms with Crippen LogP contribution in [0.3, 0.4) is 0 Å². The Morgan fingerprint density at radius 3 is 2.52 bits per heavy atom. The van der Waals surface area contributed by atoms with Crippen molar-refractivity contribution >= 4 is 17.8 Å². The third-order valence-electron chi connectivity index (χ3n) is 4.84. The number of hydrogen-bond acceptors (Lipinski definition) is 3. The van der Waals surface area contributed by atoms with Crippen LogP contribution >= 0.6 is 0 Å². The lowest BCUT2D eigenvalue weighted by Crippen LogP contribution is -2.20. The van der Waals surface area contributed by atoms with Gasteiger partial charge in [-0.2, -0.15) is 0 Å². The van der Waals surface area contributed by atoms with Gasteiger partial charge in [-0.3, -0.25) is 9.59 Å². The Hall–Kier alpha value is -3.66. The third-order valence-corrected chi connectivity index (χ3v) is 4.84. The number of Topliss-reactive ketones (excluding diaryl/α,β-unsaturated/α-hetero) is 1. The molecule has 1 saturated heterocycles. The van der Waals surface area contributed by atoms with Crippen LogP contribution < -0.4 is 10.1 Å². The van der Waals surface area contributed by atoms with Crippen LogP contribution in [0.2, 0.25) is 0 Å². The molecule has 0 aromatic heterocycles. The van der Waals surface area contributed by atoms with E-state index in [1.165, 1.54) is 5.56 Å². The maximum atomic E-state index is 12.8. The van der Waals surface area contributed by atoms with Gasteiger partial charge in [0.2, 0.25) is 0 Å². The Kier molecular flexibility index (Phi) is 5.25. The molecule has 4 rings (SSSR count). The monoisotopic (exact) mass is 383 g/mol. The van der Waals surface area contributed by atoms with Crippen LogP contribution in [0.15, 0.2) is 84.4 Å². The third kappa shape index (κ3) is 4.27. The van der Waals surface area contributed by atoms with Crippen molar-refractivity contribution in [2.24, 2.45) is 0 Å². The van der Waals surface area contributed by atoms with Crippen LogP contribution in [0.5, 0.6) is 5.75 Å². The molecule has 3 aromatic rings. The average Bonchev–Trinajstić information content (AvgIpc) is 3.02. The Balaban J connectivity index is 1.51. The number of amides is 1. The molecule has 29 heavy (non-hydrogen) atoms. The summed E-state index contributed by atoms with van der Waals surface area (Å²) in [5.74, 6) is 0.119. The number of aryl methyl sites for hydroxylation is 1. The Morgan fingerprint density at radius 2 is 1.72 bits per heavy atom. The second-order valence-electron chi connectivity index (χ2n) is 7.09. The molecule has 144 valence electrons. The maximum Gasteiger partial charge on any atom is 0.255 e. The first-order valence-corrected chi connectivity index (χ1v) is 9.50. The Bertz CT molecular complexity index is 1090. The highest BCUT2D eigenvalue weighted by atomic mass is 16.5. The van der Waals surface area contributed by atoms with Gasteiger partial charge in [0.15, 0.2) is 5.78 Å². The molecule has 3 aromatic carbocycles. The first kappa shape index (κ1) is 18.7. The molecule has 0 saturated carbocycles. The van der Waals surface area contributed by atoms with E-state index in [0.717, 1.165) is 16.7 Å². The minimum absolute atomic E-state index is 0.162. The number of rotatable bonds is 5. The molecule has 1 amide bonds. The summed E-state index contributed by atoms with van der Waals surface area (Å²) >= 11 is 0. The quantitative estimate of drug-likeness (QED) is 0.525. The van der Waals surface area contributed by atoms with Crippen molar-refractivity contribution in [3.8, 4) is 5.75 Å². The van der Waals surface area contributed by atoms with Crippen LogP contribution in [0.4, 0.5) is 0 Å². The van der Waals surface area contributed by atoms with E-state index in [1.807, 2.05) is 79.7 Å². The smallest absolute Gasteiger partial charge is 0.255 e. The maximum absolute atomic E-state index is 12.8. The van der Waals surface area contributed by atoms with E-state index < -0.39 is 6.04 Å². The number of nitrogens with one attached hydrogen (secondary N) is 1. The van der Waals surface area contributed by atoms with Gasteiger partial charge >= 0.3 is 0 Å². The van der Waals surface area contributed by atoms with E-state index in [-0.39, 0.29) is 17.3 Å². The highest BCUT2D eigenvalue weighted by Gasteiger charge is 2.36. The molecule has 0 radical (unpaired) electrons. The number of carbonyl (C=O) groups is 2. The molecule has 4 heteroatoms. The molecule has 0 aliphatic carbocycles. The van der Waals surface area contributed by atoms with E-state index in [1.54, 1.807) is 6.08 Å². The summed E-state index contributed by atoms with van der Waals surface area (Å²) in [7, 11) is 0. The predicted molar refractivity (Wildman–Crippen MR) is 112 cm³/mol. The van der Waals surface area contributed by atoms with Crippen molar-refractivity contribution in [3.63, 3.8) is 0 Å². The fourth-order valence-corrected chi connectivity index (χ4v) is 3.39. The predicted octanol–water partition coefficient (Wildman–Crippen LogP) is 4.40. The molecular formula is C25H21NO3. The summed E-state index contributed by atoms with van der Waals surface area (Å²) in [4.78, 5) is 25.1. The van der Waals surface area contributed by atoms with Crippen molar-refractivity contribution in [1.82, 2.24) is 5.32 Å². The molecule has 1 N–H and O–H groups in total. The lowest BCUT2D eigenvalue weighted by molar-refractivity contribution is -0.117. The van der Waals surface area contributed by atoms with Gasteiger partial charge in [0.1, 0.15) is 18.4 Å². The normalized spacial score (nSPS) is 17.4. The van der Waals surface area contributed by atoms with E-state index in [0.29, 0.717) is 12.4 Å². The van der Waals surface area contributed by atoms with Gasteiger partial charge in [-0.05, 0) is 41.8 Å². The molecule has 0 spiro atoms. The lowest BCUT2D eigenvalue weighted by Gasteiger charge is -2.08. The number of carbonyl (C=O) groups excluding carboxylic acids is 2. The molecule has 1 fully saturated rings. The minimum atomic E-state index is -0.629. The van der Waals surface area contributed by atoms with E-state index in [4.69, 9.17) is 4.74 Å². The topological polar surface area (TPSA) is 55.4 Å². The zero-order valence-corrected chi connectivity index (χ0v) is 16.1. The SMILES string of the molecule is Cc1cccc(COc2cccc(/C=C3/C(=O)NC(c4ccccc4)C3=O)c2)c1. The molecule has 4 nitrogen and oxygen atoms in total. The summed E-state index contributed by atoms with van der Waals surface area (Å²) in [6, 6.07) is 24.2. The summed E-state index contributed by atoms with van der Waals surface area (Å²) in [6.45, 7) is 2.50. The van der Waals surface area contributed by atoms with Gasteiger partial charge in [0, 0.05) is 0 Å². The van der Waals surface area contributed by atoms with Crippen LogP contribution in [0.1, 0.15) is 28.3 Å². The van der Waals surface area contributed by atoms with E-state index in [9.17, 15) is 9.59 Å². The van der Waals surface area contributed by atoms with Crippen LogP contribution in [-0.4, -0.2) is 11.7 Å². The Labute approximate surface area is 169 Å². The van der Waals surface area contributed by atoms with E-state index >= 15 is 0 Å². The number of hydrogen-bond donors (Lipinski definition) is 1. The largest absolute Gasteiger partial charge is 0.489 e. The van der Waals surface area contributed by atoms with Gasteiger partial charge in [-0.15, -0.1) is 0 Å². The van der Waals surface area contributed by atoms with Gasteiger partial charge in [0.05, 0.1) is 5.57 Å². The molecular weight excluding hydrogens is 362 g/mol. The molecule has 1 aliphatic heterocycles. The average molecular weight is 383 g/mol. The first-order chi connectivity index (χ1) is 14.1. The van der Waals surface area contributed by atoms with Crippen molar-refractivity contribution in [3.05, 3.63) is 107 Å². The molecule has 1 atom stereocenters.